The van der Waals surface area contributed by atoms with Crippen LogP contribution in [0.1, 0.15) is 183 Å². The first-order chi connectivity index (χ1) is 28.2. The Labute approximate surface area is 354 Å². The van der Waals surface area contributed by atoms with Crippen molar-refractivity contribution in [1.82, 2.24) is 0 Å². The molecule has 0 aliphatic heterocycles. The van der Waals surface area contributed by atoms with Gasteiger partial charge < -0.3 is 18.9 Å². The van der Waals surface area contributed by atoms with E-state index >= 15 is 0 Å². The number of hydrogen-bond donors (Lipinski definition) is 0. The van der Waals surface area contributed by atoms with Gasteiger partial charge in [-0.05, 0) is 110 Å². The highest BCUT2D eigenvalue weighted by atomic mass is 16.5. The number of carbonyl (C=O) groups is 4. The maximum atomic E-state index is 12.4. The van der Waals surface area contributed by atoms with Gasteiger partial charge in [0.1, 0.15) is 0 Å². The standard InChI is InChI=1S/2C25H42O4/c1-4-7-16-22-19-18-21(20-23(22)25(27)29-6-3)15-13-11-9-8-10-12-14-17-24(26)28-5-2;1-4-7-15-21-18-19-22(23(20-21)25(27)29-6-3)16-13-11-9-8-10-12-14-17-24(26)28-5-2/h13,15,18-19,21-23H,4-12,14,16-17,20H2,1-3H3;13,16,18-19,21-23H,4-12,14-15,17,20H2,1-3H3/b15-13+;16-13+. The van der Waals surface area contributed by atoms with Crippen molar-refractivity contribution >= 4 is 23.9 Å². The van der Waals surface area contributed by atoms with Gasteiger partial charge in [0.05, 0.1) is 38.3 Å². The van der Waals surface area contributed by atoms with E-state index in [1.54, 1.807) is 0 Å². The van der Waals surface area contributed by atoms with Gasteiger partial charge in [0.25, 0.3) is 0 Å². The van der Waals surface area contributed by atoms with Gasteiger partial charge >= 0.3 is 23.9 Å². The van der Waals surface area contributed by atoms with Gasteiger partial charge in [0.15, 0.2) is 0 Å². The zero-order valence-corrected chi connectivity index (χ0v) is 37.7. The molecule has 0 aromatic carbocycles. The van der Waals surface area contributed by atoms with Crippen LogP contribution in [-0.4, -0.2) is 50.3 Å². The van der Waals surface area contributed by atoms with Gasteiger partial charge in [0, 0.05) is 18.8 Å². The predicted octanol–water partition coefficient (Wildman–Crippen LogP) is 12.8. The summed E-state index contributed by atoms with van der Waals surface area (Å²) < 4.78 is 20.5. The Balaban J connectivity index is 0.000000580. The number of unbranched alkanes of at least 4 members (excludes halogenated alkanes) is 12. The molecule has 0 saturated heterocycles. The second kappa shape index (κ2) is 35.8. The molecule has 6 atom stereocenters. The fourth-order valence-electron chi connectivity index (χ4n) is 7.84. The first kappa shape index (κ1) is 52.9. The van der Waals surface area contributed by atoms with E-state index in [0.717, 1.165) is 89.9 Å². The largest absolute Gasteiger partial charge is 0.466 e. The van der Waals surface area contributed by atoms with E-state index in [-0.39, 0.29) is 41.6 Å². The smallest absolute Gasteiger partial charge is 0.309 e. The fraction of sp³-hybridized carbons (Fsp3) is 0.760. The molecule has 0 N–H and O–H groups in total. The molecule has 2 aliphatic rings. The highest BCUT2D eigenvalue weighted by Gasteiger charge is 2.33. The number of rotatable bonds is 30. The molecule has 2 aliphatic carbocycles. The van der Waals surface area contributed by atoms with Crippen molar-refractivity contribution < 1.29 is 38.1 Å². The third-order valence-corrected chi connectivity index (χ3v) is 11.1. The van der Waals surface area contributed by atoms with Crippen LogP contribution >= 0.6 is 0 Å². The van der Waals surface area contributed by atoms with Crippen LogP contribution in [0.2, 0.25) is 0 Å². The minimum Gasteiger partial charge on any atom is -0.466 e. The second-order valence-electron chi connectivity index (χ2n) is 16.0. The first-order valence-corrected chi connectivity index (χ1v) is 23.6. The zero-order valence-electron chi connectivity index (χ0n) is 37.7. The highest BCUT2D eigenvalue weighted by Crippen LogP contribution is 2.35. The summed E-state index contributed by atoms with van der Waals surface area (Å²) in [6.45, 7) is 13.7. The molecule has 2 rings (SSSR count). The lowest BCUT2D eigenvalue weighted by Gasteiger charge is -2.29. The van der Waals surface area contributed by atoms with E-state index in [4.69, 9.17) is 18.9 Å². The SMILES string of the molecule is CCCCC1C=CC(/C=C/CCCCCCCC(=O)OCC)C(C(=O)OCC)C1.CCCCC1C=CC(/C=C/CCCCCCCC(=O)OCC)CC1C(=O)OCC. The summed E-state index contributed by atoms with van der Waals surface area (Å²) in [6.07, 6.45) is 41.0. The van der Waals surface area contributed by atoms with Gasteiger partial charge in [-0.3, -0.25) is 19.2 Å². The van der Waals surface area contributed by atoms with Crippen molar-refractivity contribution in [3.63, 3.8) is 0 Å². The molecule has 0 aromatic heterocycles. The average molecular weight is 813 g/mol. The van der Waals surface area contributed by atoms with Crippen LogP contribution in [0.3, 0.4) is 0 Å². The van der Waals surface area contributed by atoms with E-state index in [1.165, 1.54) is 38.5 Å². The third-order valence-electron chi connectivity index (χ3n) is 11.1. The molecular formula is C50H84O8. The third kappa shape index (κ3) is 25.4. The molecule has 8 nitrogen and oxygen atoms in total. The molecule has 0 amide bonds. The summed E-state index contributed by atoms with van der Waals surface area (Å²) in [5.41, 5.74) is 0. The summed E-state index contributed by atoms with van der Waals surface area (Å²) in [5, 5.41) is 0. The number of allylic oxidation sites excluding steroid dienone is 8. The van der Waals surface area contributed by atoms with Crippen LogP contribution in [-0.2, 0) is 38.1 Å². The lowest BCUT2D eigenvalue weighted by molar-refractivity contribution is -0.150. The maximum absolute atomic E-state index is 12.4. The lowest BCUT2D eigenvalue weighted by Crippen LogP contribution is -2.29. The van der Waals surface area contributed by atoms with Crippen molar-refractivity contribution in [3.05, 3.63) is 48.6 Å². The van der Waals surface area contributed by atoms with Gasteiger partial charge in [-0.2, -0.15) is 0 Å². The highest BCUT2D eigenvalue weighted by molar-refractivity contribution is 5.74. The van der Waals surface area contributed by atoms with Crippen molar-refractivity contribution in [1.29, 1.82) is 0 Å². The van der Waals surface area contributed by atoms with Crippen molar-refractivity contribution in [2.45, 2.75) is 183 Å². The van der Waals surface area contributed by atoms with Crippen molar-refractivity contribution in [2.24, 2.45) is 35.5 Å². The molecule has 0 saturated carbocycles. The quantitative estimate of drug-likeness (QED) is 0.0306. The van der Waals surface area contributed by atoms with E-state index < -0.39 is 0 Å². The predicted molar refractivity (Wildman–Crippen MR) is 237 cm³/mol. The molecule has 8 heteroatoms. The summed E-state index contributed by atoms with van der Waals surface area (Å²) in [4.78, 5) is 47.4. The Bertz CT molecular complexity index is 1200. The monoisotopic (exact) mass is 813 g/mol. The molecule has 0 bridgehead atoms. The van der Waals surface area contributed by atoms with Gasteiger partial charge in [0.2, 0.25) is 0 Å². The molecular weight excluding hydrogens is 729 g/mol. The van der Waals surface area contributed by atoms with Crippen molar-refractivity contribution in [2.75, 3.05) is 26.4 Å². The van der Waals surface area contributed by atoms with E-state index in [9.17, 15) is 19.2 Å². The molecule has 0 fully saturated rings. The Kier molecular flexibility index (Phi) is 32.6. The van der Waals surface area contributed by atoms with Crippen LogP contribution in [0.4, 0.5) is 0 Å². The van der Waals surface area contributed by atoms with Crippen LogP contribution in [0, 0.1) is 35.5 Å². The Morgan fingerprint density at radius 2 is 1.00 bits per heavy atom. The number of hydrogen-bond acceptors (Lipinski definition) is 8. The number of carbonyl (C=O) groups excluding carboxylic acids is 4. The van der Waals surface area contributed by atoms with Crippen LogP contribution in [0.15, 0.2) is 48.6 Å². The summed E-state index contributed by atoms with van der Waals surface area (Å²) in [7, 11) is 0. The molecule has 58 heavy (non-hydrogen) atoms. The molecule has 0 radical (unpaired) electrons. The van der Waals surface area contributed by atoms with Gasteiger partial charge in [-0.1, -0.05) is 127 Å². The maximum Gasteiger partial charge on any atom is 0.309 e. The lowest BCUT2D eigenvalue weighted by atomic mass is 9.76. The van der Waals surface area contributed by atoms with E-state index in [1.807, 2.05) is 27.7 Å². The molecule has 0 spiro atoms. The summed E-state index contributed by atoms with van der Waals surface area (Å²) in [5.74, 6) is 1.06. The fourth-order valence-corrected chi connectivity index (χ4v) is 7.84. The number of ether oxygens (including phenoxy) is 4. The topological polar surface area (TPSA) is 105 Å². The number of esters is 4. The van der Waals surface area contributed by atoms with Gasteiger partial charge in [-0.15, -0.1) is 0 Å². The Hall–Kier alpha value is -3.16. The second-order valence-corrected chi connectivity index (χ2v) is 16.0. The van der Waals surface area contributed by atoms with Crippen LogP contribution in [0.25, 0.3) is 0 Å². The summed E-state index contributed by atoms with van der Waals surface area (Å²) in [6, 6.07) is 0. The van der Waals surface area contributed by atoms with Crippen LogP contribution < -0.4 is 0 Å². The normalized spacial score (nSPS) is 21.4. The molecule has 332 valence electrons. The summed E-state index contributed by atoms with van der Waals surface area (Å²) >= 11 is 0. The minimum atomic E-state index is -0.0796. The zero-order chi connectivity index (χ0) is 42.6. The minimum absolute atomic E-state index is 0.000508. The van der Waals surface area contributed by atoms with Crippen molar-refractivity contribution in [3.8, 4) is 0 Å². The molecule has 0 aromatic rings. The molecule has 0 heterocycles. The molecule has 6 unspecified atom stereocenters. The Morgan fingerprint density at radius 1 is 0.500 bits per heavy atom. The van der Waals surface area contributed by atoms with Gasteiger partial charge in [-0.25, -0.2) is 0 Å². The average Bonchev–Trinajstić information content (AvgIpc) is 3.22. The van der Waals surface area contributed by atoms with E-state index in [0.29, 0.717) is 57.0 Å². The first-order valence-electron chi connectivity index (χ1n) is 23.6. The Morgan fingerprint density at radius 3 is 1.55 bits per heavy atom. The van der Waals surface area contributed by atoms with E-state index in [2.05, 4.69) is 62.5 Å². The van der Waals surface area contributed by atoms with Crippen LogP contribution in [0.5, 0.6) is 0 Å².